The third-order valence-electron chi connectivity index (χ3n) is 4.06. The van der Waals surface area contributed by atoms with Crippen molar-refractivity contribution < 1.29 is 4.42 Å². The van der Waals surface area contributed by atoms with Crippen molar-refractivity contribution in [3.05, 3.63) is 69.8 Å². The average Bonchev–Trinajstić information content (AvgIpc) is 2.51. The fourth-order valence-electron chi connectivity index (χ4n) is 3.02. The van der Waals surface area contributed by atoms with Crippen LogP contribution in [0.3, 0.4) is 0 Å². The van der Waals surface area contributed by atoms with Gasteiger partial charge in [-0.3, -0.25) is 0 Å². The van der Waals surface area contributed by atoms with Crippen molar-refractivity contribution in [2.45, 2.75) is 39.3 Å². The molecule has 0 amide bonds. The minimum atomic E-state index is -0.251. The normalized spacial score (nSPS) is 16.6. The lowest BCUT2D eigenvalue weighted by molar-refractivity contribution is 0.475. The van der Waals surface area contributed by atoms with E-state index >= 15 is 0 Å². The SMILES string of the molecule is CCCC1C=Cc2c(cc(C)oc2=O)N1Cc1ccccc1. The van der Waals surface area contributed by atoms with Crippen LogP contribution in [0.4, 0.5) is 5.69 Å². The zero-order valence-electron chi connectivity index (χ0n) is 13.1. The van der Waals surface area contributed by atoms with E-state index in [9.17, 15) is 4.79 Å². The highest BCUT2D eigenvalue weighted by Crippen LogP contribution is 2.31. The first-order chi connectivity index (χ1) is 10.7. The number of anilines is 1. The highest BCUT2D eigenvalue weighted by Gasteiger charge is 2.24. The quantitative estimate of drug-likeness (QED) is 0.849. The zero-order valence-corrected chi connectivity index (χ0v) is 13.1. The molecule has 1 atom stereocenters. The summed E-state index contributed by atoms with van der Waals surface area (Å²) < 4.78 is 5.24. The number of fused-ring (bicyclic) bond motifs is 1. The summed E-state index contributed by atoms with van der Waals surface area (Å²) in [5.74, 6) is 0.660. The first-order valence-electron chi connectivity index (χ1n) is 7.82. The van der Waals surface area contributed by atoms with E-state index in [1.807, 2.05) is 25.1 Å². The predicted molar refractivity (Wildman–Crippen MR) is 90.1 cm³/mol. The van der Waals surface area contributed by atoms with Crippen LogP contribution in [-0.2, 0) is 6.54 Å². The monoisotopic (exact) mass is 295 g/mol. The van der Waals surface area contributed by atoms with Crippen LogP contribution >= 0.6 is 0 Å². The topological polar surface area (TPSA) is 33.5 Å². The molecule has 22 heavy (non-hydrogen) atoms. The molecule has 3 nitrogen and oxygen atoms in total. The first kappa shape index (κ1) is 14.6. The fourth-order valence-corrected chi connectivity index (χ4v) is 3.02. The second kappa shape index (κ2) is 6.22. The Kier molecular flexibility index (Phi) is 4.14. The van der Waals surface area contributed by atoms with Gasteiger partial charge in [0, 0.05) is 18.7 Å². The Balaban J connectivity index is 2.03. The van der Waals surface area contributed by atoms with E-state index in [-0.39, 0.29) is 5.63 Å². The number of hydrogen-bond acceptors (Lipinski definition) is 3. The molecule has 0 saturated heterocycles. The molecule has 0 bridgehead atoms. The van der Waals surface area contributed by atoms with Crippen molar-refractivity contribution in [1.29, 1.82) is 0 Å². The average molecular weight is 295 g/mol. The summed E-state index contributed by atoms with van der Waals surface area (Å²) in [5.41, 5.74) is 2.64. The molecular formula is C19H21NO2. The standard InChI is InChI=1S/C19H21NO2/c1-3-7-16-10-11-17-18(12-14(2)22-19(17)21)20(16)13-15-8-5-4-6-9-15/h4-6,8-12,16H,3,7,13H2,1-2H3. The lowest BCUT2D eigenvalue weighted by Gasteiger charge is -2.35. The molecule has 1 aliphatic rings. The summed E-state index contributed by atoms with van der Waals surface area (Å²) in [7, 11) is 0. The van der Waals surface area contributed by atoms with E-state index in [4.69, 9.17) is 4.42 Å². The summed E-state index contributed by atoms with van der Waals surface area (Å²) in [6.45, 7) is 4.82. The van der Waals surface area contributed by atoms with Gasteiger partial charge in [0.1, 0.15) is 5.76 Å². The second-order valence-corrected chi connectivity index (χ2v) is 5.77. The van der Waals surface area contributed by atoms with E-state index in [2.05, 4.69) is 42.2 Å². The van der Waals surface area contributed by atoms with E-state index in [0.717, 1.165) is 25.1 Å². The molecule has 0 fully saturated rings. The predicted octanol–water partition coefficient (Wildman–Crippen LogP) is 4.15. The molecule has 0 saturated carbocycles. The molecule has 2 aromatic rings. The molecule has 1 aliphatic heterocycles. The van der Waals surface area contributed by atoms with Crippen LogP contribution in [0.2, 0.25) is 0 Å². The Morgan fingerprint density at radius 2 is 2.00 bits per heavy atom. The first-order valence-corrected chi connectivity index (χ1v) is 7.82. The van der Waals surface area contributed by atoms with Crippen molar-refractivity contribution in [2.75, 3.05) is 4.90 Å². The molecule has 3 rings (SSSR count). The van der Waals surface area contributed by atoms with Crippen LogP contribution in [0.15, 0.2) is 51.7 Å². The van der Waals surface area contributed by atoms with E-state index < -0.39 is 0 Å². The van der Waals surface area contributed by atoms with Gasteiger partial charge in [-0.2, -0.15) is 0 Å². The molecule has 1 aromatic carbocycles. The summed E-state index contributed by atoms with van der Waals surface area (Å²) in [4.78, 5) is 14.4. The van der Waals surface area contributed by atoms with Gasteiger partial charge in [-0.15, -0.1) is 0 Å². The van der Waals surface area contributed by atoms with Gasteiger partial charge in [0.2, 0.25) is 0 Å². The van der Waals surface area contributed by atoms with Crippen LogP contribution in [-0.4, -0.2) is 6.04 Å². The van der Waals surface area contributed by atoms with Gasteiger partial charge in [-0.05, 0) is 25.0 Å². The van der Waals surface area contributed by atoms with Crippen LogP contribution in [0, 0.1) is 6.92 Å². The van der Waals surface area contributed by atoms with Crippen LogP contribution in [0.25, 0.3) is 6.08 Å². The Morgan fingerprint density at radius 1 is 1.23 bits per heavy atom. The lowest BCUT2D eigenvalue weighted by atomic mass is 10.00. The van der Waals surface area contributed by atoms with Crippen LogP contribution in [0.1, 0.15) is 36.7 Å². The summed E-state index contributed by atoms with van der Waals surface area (Å²) in [6.07, 6.45) is 6.22. The maximum atomic E-state index is 12.1. The Hall–Kier alpha value is -2.29. The Bertz CT molecular complexity index is 731. The molecule has 3 heteroatoms. The molecule has 114 valence electrons. The number of benzene rings is 1. The smallest absolute Gasteiger partial charge is 0.345 e. The molecule has 1 aromatic heterocycles. The molecule has 2 heterocycles. The molecule has 0 radical (unpaired) electrons. The van der Waals surface area contributed by atoms with Gasteiger partial charge in [0.15, 0.2) is 0 Å². The van der Waals surface area contributed by atoms with Gasteiger partial charge in [-0.25, -0.2) is 4.79 Å². The molecule has 0 N–H and O–H groups in total. The van der Waals surface area contributed by atoms with Crippen molar-refractivity contribution in [2.24, 2.45) is 0 Å². The largest absolute Gasteiger partial charge is 0.428 e. The summed E-state index contributed by atoms with van der Waals surface area (Å²) in [6, 6.07) is 12.7. The van der Waals surface area contributed by atoms with E-state index in [1.165, 1.54) is 5.56 Å². The van der Waals surface area contributed by atoms with Gasteiger partial charge in [-0.1, -0.05) is 49.8 Å². The molecular weight excluding hydrogens is 274 g/mol. The molecule has 0 spiro atoms. The van der Waals surface area contributed by atoms with Crippen molar-refractivity contribution >= 4 is 11.8 Å². The van der Waals surface area contributed by atoms with Gasteiger partial charge in [0.25, 0.3) is 0 Å². The highest BCUT2D eigenvalue weighted by molar-refractivity contribution is 5.71. The summed E-state index contributed by atoms with van der Waals surface area (Å²) in [5, 5.41) is 0. The zero-order chi connectivity index (χ0) is 15.5. The van der Waals surface area contributed by atoms with Crippen LogP contribution < -0.4 is 10.5 Å². The maximum Gasteiger partial charge on any atom is 0.345 e. The fraction of sp³-hybridized carbons (Fsp3) is 0.316. The minimum absolute atomic E-state index is 0.251. The maximum absolute atomic E-state index is 12.1. The van der Waals surface area contributed by atoms with E-state index in [1.54, 1.807) is 0 Å². The lowest BCUT2D eigenvalue weighted by Crippen LogP contribution is -2.37. The number of aryl methyl sites for hydroxylation is 1. The third kappa shape index (κ3) is 2.84. The van der Waals surface area contributed by atoms with Crippen molar-refractivity contribution in [1.82, 2.24) is 0 Å². The number of hydrogen-bond donors (Lipinski definition) is 0. The molecule has 0 aliphatic carbocycles. The minimum Gasteiger partial charge on any atom is -0.428 e. The van der Waals surface area contributed by atoms with Crippen molar-refractivity contribution in [3.63, 3.8) is 0 Å². The Morgan fingerprint density at radius 3 is 2.73 bits per heavy atom. The Labute approximate surface area is 130 Å². The van der Waals surface area contributed by atoms with Crippen molar-refractivity contribution in [3.8, 4) is 0 Å². The van der Waals surface area contributed by atoms with E-state index in [0.29, 0.717) is 17.4 Å². The van der Waals surface area contributed by atoms with Gasteiger partial charge >= 0.3 is 5.63 Å². The van der Waals surface area contributed by atoms with Gasteiger partial charge < -0.3 is 9.32 Å². The van der Waals surface area contributed by atoms with Gasteiger partial charge in [0.05, 0.1) is 11.3 Å². The second-order valence-electron chi connectivity index (χ2n) is 5.77. The van der Waals surface area contributed by atoms with Crippen LogP contribution in [0.5, 0.6) is 0 Å². The number of rotatable bonds is 4. The number of nitrogens with zero attached hydrogens (tertiary/aromatic N) is 1. The summed E-state index contributed by atoms with van der Waals surface area (Å²) >= 11 is 0. The highest BCUT2D eigenvalue weighted by atomic mass is 16.4. The molecule has 1 unspecified atom stereocenters. The third-order valence-corrected chi connectivity index (χ3v) is 4.06.